The maximum absolute atomic E-state index is 14.2. The van der Waals surface area contributed by atoms with Gasteiger partial charge in [0.15, 0.2) is 6.61 Å². The van der Waals surface area contributed by atoms with E-state index in [-0.39, 0.29) is 35.7 Å². The van der Waals surface area contributed by atoms with Crippen molar-refractivity contribution in [3.63, 3.8) is 0 Å². The molecule has 0 saturated heterocycles. The number of ether oxygens (including phenoxy) is 1. The Labute approximate surface area is 143 Å². The zero-order chi connectivity index (χ0) is 17.4. The van der Waals surface area contributed by atoms with Crippen LogP contribution in [0.25, 0.3) is 0 Å². The van der Waals surface area contributed by atoms with Gasteiger partial charge in [-0.3, -0.25) is 9.59 Å². The summed E-state index contributed by atoms with van der Waals surface area (Å²) in [5.74, 6) is -0.706. The molecular weight excluding hydrogens is 325 g/mol. The monoisotopic (exact) mass is 341 g/mol. The zero-order valence-corrected chi connectivity index (χ0v) is 13.3. The van der Waals surface area contributed by atoms with Gasteiger partial charge in [-0.15, -0.1) is 0 Å². The number of hydrogen-bond acceptors (Lipinski definition) is 4. The molecule has 128 valence electrons. The van der Waals surface area contributed by atoms with Crippen molar-refractivity contribution < 1.29 is 18.7 Å². The normalized spacial score (nSPS) is 17.6. The first-order valence-corrected chi connectivity index (χ1v) is 8.08. The highest BCUT2D eigenvalue weighted by atomic mass is 19.1. The first kappa shape index (κ1) is 15.6. The first-order valence-electron chi connectivity index (χ1n) is 8.08. The van der Waals surface area contributed by atoms with Crippen LogP contribution in [0.3, 0.4) is 0 Å². The Hall–Kier alpha value is -2.96. The highest BCUT2D eigenvalue weighted by Gasteiger charge is 2.42. The fraction of sp³-hybridized carbons (Fsp3) is 0.278. The Morgan fingerprint density at radius 3 is 2.84 bits per heavy atom. The Morgan fingerprint density at radius 2 is 2.12 bits per heavy atom. The van der Waals surface area contributed by atoms with Gasteiger partial charge in [0.25, 0.3) is 11.8 Å². The molecule has 6 nitrogen and oxygen atoms in total. The summed E-state index contributed by atoms with van der Waals surface area (Å²) in [6, 6.07) is 8.01. The molecule has 7 heteroatoms. The molecule has 1 saturated carbocycles. The molecular formula is C18H16FN3O3. The predicted molar refractivity (Wildman–Crippen MR) is 87.8 cm³/mol. The van der Waals surface area contributed by atoms with Crippen molar-refractivity contribution in [1.82, 2.24) is 10.3 Å². The van der Waals surface area contributed by atoms with Crippen LogP contribution < -0.4 is 15.4 Å². The number of hydrogen-bond donors (Lipinski definition) is 2. The van der Waals surface area contributed by atoms with E-state index < -0.39 is 5.54 Å². The van der Waals surface area contributed by atoms with Crippen molar-refractivity contribution in [3.05, 3.63) is 53.5 Å². The summed E-state index contributed by atoms with van der Waals surface area (Å²) in [6.07, 6.45) is 3.66. The van der Waals surface area contributed by atoms with Crippen molar-refractivity contribution in [3.8, 4) is 5.88 Å². The second-order valence-electron chi connectivity index (χ2n) is 6.28. The molecule has 0 atom stereocenters. The third-order valence-corrected chi connectivity index (χ3v) is 4.68. The van der Waals surface area contributed by atoms with Crippen molar-refractivity contribution >= 4 is 17.5 Å². The number of fused-ring (bicyclic) bond motifs is 1. The Balaban J connectivity index is 1.60. The van der Waals surface area contributed by atoms with Gasteiger partial charge in [-0.25, -0.2) is 9.37 Å². The number of nitrogens with zero attached hydrogens (tertiary/aromatic N) is 1. The summed E-state index contributed by atoms with van der Waals surface area (Å²) in [5.41, 5.74) is 0.444. The topological polar surface area (TPSA) is 80.3 Å². The molecule has 1 aromatic heterocycles. The van der Waals surface area contributed by atoms with Crippen LogP contribution in [0, 0.1) is 5.82 Å². The molecule has 2 amide bonds. The third-order valence-electron chi connectivity index (χ3n) is 4.68. The maximum atomic E-state index is 14.2. The molecule has 2 heterocycles. The molecule has 0 radical (unpaired) electrons. The van der Waals surface area contributed by atoms with Gasteiger partial charge in [0.1, 0.15) is 11.5 Å². The molecule has 2 aromatic rings. The Morgan fingerprint density at radius 1 is 1.32 bits per heavy atom. The number of nitrogens with one attached hydrogen (secondary N) is 2. The van der Waals surface area contributed by atoms with E-state index >= 15 is 0 Å². The van der Waals surface area contributed by atoms with E-state index in [0.29, 0.717) is 24.1 Å². The van der Waals surface area contributed by atoms with Crippen LogP contribution in [0.5, 0.6) is 5.88 Å². The highest BCUT2D eigenvalue weighted by Crippen LogP contribution is 2.42. The van der Waals surface area contributed by atoms with E-state index in [1.807, 2.05) is 0 Å². The second kappa shape index (κ2) is 5.84. The lowest BCUT2D eigenvalue weighted by atomic mass is 9.71. The maximum Gasteiger partial charge on any atom is 0.262 e. The van der Waals surface area contributed by atoms with E-state index in [4.69, 9.17) is 4.74 Å². The van der Waals surface area contributed by atoms with Gasteiger partial charge in [0, 0.05) is 11.8 Å². The zero-order valence-electron chi connectivity index (χ0n) is 13.3. The van der Waals surface area contributed by atoms with Gasteiger partial charge >= 0.3 is 0 Å². The van der Waals surface area contributed by atoms with Gasteiger partial charge in [0.2, 0.25) is 5.88 Å². The summed E-state index contributed by atoms with van der Waals surface area (Å²) in [5, 5.41) is 5.57. The number of pyridine rings is 1. The largest absolute Gasteiger partial charge is 0.466 e. The van der Waals surface area contributed by atoms with E-state index in [0.717, 1.165) is 6.42 Å². The number of benzene rings is 1. The molecule has 1 aliphatic heterocycles. The molecule has 0 unspecified atom stereocenters. The Bertz CT molecular complexity index is 864. The molecule has 1 aromatic carbocycles. The quantitative estimate of drug-likeness (QED) is 0.898. The molecule has 2 N–H and O–H groups in total. The number of carbonyl (C=O) groups is 2. The smallest absolute Gasteiger partial charge is 0.262 e. The molecule has 0 bridgehead atoms. The number of halogens is 1. The number of amides is 2. The number of anilines is 1. The molecule has 4 rings (SSSR count). The van der Waals surface area contributed by atoms with Crippen LogP contribution in [-0.4, -0.2) is 23.4 Å². The van der Waals surface area contributed by atoms with Gasteiger partial charge in [-0.2, -0.15) is 0 Å². The number of carbonyl (C=O) groups excluding carboxylic acids is 2. The number of aromatic nitrogens is 1. The molecule has 2 aliphatic rings. The van der Waals surface area contributed by atoms with E-state index in [9.17, 15) is 14.0 Å². The summed E-state index contributed by atoms with van der Waals surface area (Å²) in [4.78, 5) is 28.2. The lowest BCUT2D eigenvalue weighted by molar-refractivity contribution is -0.118. The summed E-state index contributed by atoms with van der Waals surface area (Å²) in [7, 11) is 0. The average molecular weight is 341 g/mol. The van der Waals surface area contributed by atoms with E-state index in [1.165, 1.54) is 18.3 Å². The first-order chi connectivity index (χ1) is 12.1. The SMILES string of the molecule is O=C1COc2ncc(C(=O)NC3(c4ccccc4F)CCC3)cc2N1. The summed E-state index contributed by atoms with van der Waals surface area (Å²) < 4.78 is 19.4. The van der Waals surface area contributed by atoms with E-state index in [1.54, 1.807) is 18.2 Å². The second-order valence-corrected chi connectivity index (χ2v) is 6.28. The molecule has 0 spiro atoms. The summed E-state index contributed by atoms with van der Waals surface area (Å²) >= 11 is 0. The van der Waals surface area contributed by atoms with Gasteiger partial charge < -0.3 is 15.4 Å². The molecule has 25 heavy (non-hydrogen) atoms. The molecule has 1 aliphatic carbocycles. The minimum atomic E-state index is -0.696. The van der Waals surface area contributed by atoms with Crippen LogP contribution in [0.4, 0.5) is 10.1 Å². The lowest BCUT2D eigenvalue weighted by Crippen LogP contribution is -2.51. The lowest BCUT2D eigenvalue weighted by Gasteiger charge is -2.43. The van der Waals surface area contributed by atoms with Crippen molar-refractivity contribution in [2.75, 3.05) is 11.9 Å². The van der Waals surface area contributed by atoms with Gasteiger partial charge in [-0.05, 0) is 31.4 Å². The fourth-order valence-corrected chi connectivity index (χ4v) is 3.23. The van der Waals surface area contributed by atoms with Crippen LogP contribution in [0.1, 0.15) is 35.2 Å². The fourth-order valence-electron chi connectivity index (χ4n) is 3.23. The van der Waals surface area contributed by atoms with Crippen LogP contribution >= 0.6 is 0 Å². The van der Waals surface area contributed by atoms with Gasteiger partial charge in [0.05, 0.1) is 11.1 Å². The highest BCUT2D eigenvalue weighted by molar-refractivity contribution is 5.99. The van der Waals surface area contributed by atoms with Crippen LogP contribution in [-0.2, 0) is 10.3 Å². The van der Waals surface area contributed by atoms with Crippen molar-refractivity contribution in [1.29, 1.82) is 0 Å². The average Bonchev–Trinajstić information content (AvgIpc) is 2.58. The van der Waals surface area contributed by atoms with Crippen LogP contribution in [0.2, 0.25) is 0 Å². The Kier molecular flexibility index (Phi) is 3.63. The van der Waals surface area contributed by atoms with E-state index in [2.05, 4.69) is 15.6 Å². The number of rotatable bonds is 3. The minimum Gasteiger partial charge on any atom is -0.466 e. The standard InChI is InChI=1S/C18H16FN3O3/c19-13-5-2-1-4-12(13)18(6-3-7-18)22-16(24)11-8-14-17(20-9-11)25-10-15(23)21-14/h1-2,4-5,8-9H,3,6-7,10H2,(H,21,23)(H,22,24). The van der Waals surface area contributed by atoms with Gasteiger partial charge in [-0.1, -0.05) is 18.2 Å². The minimum absolute atomic E-state index is 0.0953. The van der Waals surface area contributed by atoms with Crippen LogP contribution in [0.15, 0.2) is 36.5 Å². The predicted octanol–water partition coefficient (Wildman–Crippen LogP) is 2.36. The summed E-state index contributed by atoms with van der Waals surface area (Å²) in [6.45, 7) is -0.0953. The molecule has 1 fully saturated rings. The van der Waals surface area contributed by atoms with Crippen molar-refractivity contribution in [2.45, 2.75) is 24.8 Å². The van der Waals surface area contributed by atoms with Crippen molar-refractivity contribution in [2.24, 2.45) is 0 Å². The third kappa shape index (κ3) is 2.71.